The molecule has 0 bridgehead atoms. The number of methoxy groups -OCH3 is 2. The summed E-state index contributed by atoms with van der Waals surface area (Å²) in [4.78, 5) is 13.4. The molecule has 114 valence electrons. The number of anilines is 1. The maximum absolute atomic E-state index is 12.6. The Morgan fingerprint density at radius 2 is 1.48 bits per heavy atom. The van der Waals surface area contributed by atoms with Crippen LogP contribution in [0.15, 0.2) is 12.4 Å². The lowest BCUT2D eigenvalue weighted by molar-refractivity contribution is 0.357. The molecule has 8 nitrogen and oxygen atoms in total. The SMILES string of the molecule is COc1ncc(F)c(F)n1.COc1ncc(F)c(NN)n1. The van der Waals surface area contributed by atoms with Crippen LogP contribution >= 0.6 is 0 Å². The van der Waals surface area contributed by atoms with E-state index in [-0.39, 0.29) is 17.8 Å². The summed E-state index contributed by atoms with van der Waals surface area (Å²) in [6.07, 6.45) is 1.68. The van der Waals surface area contributed by atoms with Crippen LogP contribution < -0.4 is 20.7 Å². The van der Waals surface area contributed by atoms with Gasteiger partial charge in [-0.05, 0) is 0 Å². The lowest BCUT2D eigenvalue weighted by Crippen LogP contribution is -2.11. The van der Waals surface area contributed by atoms with Gasteiger partial charge in [0.1, 0.15) is 0 Å². The molecule has 0 radical (unpaired) electrons. The largest absolute Gasteiger partial charge is 0.467 e. The van der Waals surface area contributed by atoms with Gasteiger partial charge in [0.05, 0.1) is 26.6 Å². The fourth-order valence-electron chi connectivity index (χ4n) is 0.980. The molecule has 0 aromatic carbocycles. The molecule has 0 aliphatic carbocycles. The van der Waals surface area contributed by atoms with Crippen molar-refractivity contribution in [2.24, 2.45) is 5.84 Å². The Kier molecular flexibility index (Phi) is 6.07. The minimum absolute atomic E-state index is 0.0688. The fourth-order valence-corrected chi connectivity index (χ4v) is 0.980. The third kappa shape index (κ3) is 4.72. The molecule has 0 amide bonds. The second-order valence-corrected chi connectivity index (χ2v) is 3.19. The number of halogens is 3. The minimum atomic E-state index is -1.20. The summed E-state index contributed by atoms with van der Waals surface area (Å²) in [5.74, 6) is 1.95. The van der Waals surface area contributed by atoms with Crippen molar-refractivity contribution >= 4 is 5.82 Å². The average Bonchev–Trinajstić information content (AvgIpc) is 2.51. The van der Waals surface area contributed by atoms with Gasteiger partial charge in [-0.3, -0.25) is 0 Å². The van der Waals surface area contributed by atoms with Crippen molar-refractivity contribution in [3.63, 3.8) is 0 Å². The van der Waals surface area contributed by atoms with E-state index in [1.165, 1.54) is 14.2 Å². The summed E-state index contributed by atoms with van der Waals surface area (Å²) in [6, 6.07) is -0.113. The van der Waals surface area contributed by atoms with Crippen LogP contribution in [0.1, 0.15) is 0 Å². The summed E-state index contributed by atoms with van der Waals surface area (Å²) in [6.45, 7) is 0. The quantitative estimate of drug-likeness (QED) is 0.484. The maximum Gasteiger partial charge on any atom is 0.318 e. The Hall–Kier alpha value is -2.69. The predicted molar refractivity (Wildman–Crippen MR) is 64.9 cm³/mol. The van der Waals surface area contributed by atoms with Gasteiger partial charge in [0.15, 0.2) is 17.5 Å². The van der Waals surface area contributed by atoms with Gasteiger partial charge < -0.3 is 14.9 Å². The van der Waals surface area contributed by atoms with E-state index in [4.69, 9.17) is 5.84 Å². The summed E-state index contributed by atoms with van der Waals surface area (Å²) in [5.41, 5.74) is 2.06. The summed E-state index contributed by atoms with van der Waals surface area (Å²) >= 11 is 0. The molecular weight excluding hydrogens is 293 g/mol. The molecule has 2 rings (SSSR count). The van der Waals surface area contributed by atoms with Crippen LogP contribution in [-0.4, -0.2) is 34.2 Å². The van der Waals surface area contributed by atoms with E-state index in [1.54, 1.807) is 0 Å². The molecule has 0 atom stereocenters. The zero-order valence-corrected chi connectivity index (χ0v) is 11.0. The van der Waals surface area contributed by atoms with Gasteiger partial charge in [0.25, 0.3) is 5.95 Å². The second-order valence-electron chi connectivity index (χ2n) is 3.19. The number of hydrazine groups is 1. The van der Waals surface area contributed by atoms with Crippen LogP contribution in [0.3, 0.4) is 0 Å². The number of nitrogens with two attached hydrogens (primary N) is 1. The molecule has 2 aromatic rings. The van der Waals surface area contributed by atoms with E-state index in [1.807, 2.05) is 0 Å². The van der Waals surface area contributed by atoms with E-state index in [9.17, 15) is 13.2 Å². The van der Waals surface area contributed by atoms with Crippen LogP contribution in [-0.2, 0) is 0 Å². The number of hydrogen-bond donors (Lipinski definition) is 2. The maximum atomic E-state index is 12.6. The van der Waals surface area contributed by atoms with Crippen molar-refractivity contribution in [2.45, 2.75) is 0 Å². The number of nitrogen functional groups attached to an aromatic ring is 1. The minimum Gasteiger partial charge on any atom is -0.467 e. The zero-order chi connectivity index (χ0) is 15.8. The highest BCUT2D eigenvalue weighted by Gasteiger charge is 2.04. The highest BCUT2D eigenvalue weighted by Crippen LogP contribution is 2.10. The predicted octanol–water partition coefficient (Wildman–Crippen LogP) is 0.673. The van der Waals surface area contributed by atoms with Gasteiger partial charge in [-0.25, -0.2) is 24.6 Å². The molecule has 0 saturated heterocycles. The first kappa shape index (κ1) is 16.4. The summed E-state index contributed by atoms with van der Waals surface area (Å²) in [5, 5.41) is 0. The smallest absolute Gasteiger partial charge is 0.318 e. The van der Waals surface area contributed by atoms with Crippen molar-refractivity contribution in [3.8, 4) is 12.0 Å². The van der Waals surface area contributed by atoms with Crippen LogP contribution in [0.2, 0.25) is 0 Å². The van der Waals surface area contributed by atoms with Crippen LogP contribution in [0.5, 0.6) is 12.0 Å². The van der Waals surface area contributed by atoms with Crippen molar-refractivity contribution in [2.75, 3.05) is 19.6 Å². The molecule has 0 fully saturated rings. The Balaban J connectivity index is 0.000000211. The first-order chi connectivity index (χ1) is 10.0. The first-order valence-electron chi connectivity index (χ1n) is 5.27. The molecule has 2 aromatic heterocycles. The van der Waals surface area contributed by atoms with Crippen molar-refractivity contribution < 1.29 is 22.6 Å². The van der Waals surface area contributed by atoms with Gasteiger partial charge in [0, 0.05) is 0 Å². The monoisotopic (exact) mass is 304 g/mol. The number of nitrogens with zero attached hydrogens (tertiary/aromatic N) is 4. The van der Waals surface area contributed by atoms with E-state index in [2.05, 4.69) is 34.8 Å². The highest BCUT2D eigenvalue weighted by atomic mass is 19.2. The number of aromatic nitrogens is 4. The van der Waals surface area contributed by atoms with Gasteiger partial charge in [-0.15, -0.1) is 0 Å². The van der Waals surface area contributed by atoms with Gasteiger partial charge in [-0.1, -0.05) is 0 Å². The zero-order valence-electron chi connectivity index (χ0n) is 11.0. The molecule has 3 N–H and O–H groups in total. The number of ether oxygens (including phenoxy) is 2. The van der Waals surface area contributed by atoms with E-state index in [0.29, 0.717) is 6.20 Å². The molecule has 21 heavy (non-hydrogen) atoms. The molecular formula is C10H11F3N6O2. The lowest BCUT2D eigenvalue weighted by Gasteiger charge is -2.01. The normalized spacial score (nSPS) is 9.43. The molecule has 2 heterocycles. The van der Waals surface area contributed by atoms with Crippen LogP contribution in [0.4, 0.5) is 19.0 Å². The lowest BCUT2D eigenvalue weighted by atomic mass is 10.6. The third-order valence-electron chi connectivity index (χ3n) is 1.90. The molecule has 0 aliphatic rings. The molecule has 0 saturated carbocycles. The molecule has 0 aliphatic heterocycles. The number of rotatable bonds is 3. The Morgan fingerprint density at radius 3 is 1.95 bits per heavy atom. The van der Waals surface area contributed by atoms with Crippen LogP contribution in [0, 0.1) is 17.6 Å². The molecule has 11 heteroatoms. The number of hydrogen-bond acceptors (Lipinski definition) is 8. The topological polar surface area (TPSA) is 108 Å². The summed E-state index contributed by atoms with van der Waals surface area (Å²) < 4.78 is 45.9. The van der Waals surface area contributed by atoms with Gasteiger partial charge in [-0.2, -0.15) is 14.4 Å². The third-order valence-corrected chi connectivity index (χ3v) is 1.90. The van der Waals surface area contributed by atoms with Crippen molar-refractivity contribution in [1.29, 1.82) is 0 Å². The molecule has 0 unspecified atom stereocenters. The fraction of sp³-hybridized carbons (Fsp3) is 0.200. The van der Waals surface area contributed by atoms with Crippen LogP contribution in [0.25, 0.3) is 0 Å². The average molecular weight is 304 g/mol. The van der Waals surface area contributed by atoms with E-state index < -0.39 is 17.6 Å². The Labute approximate surface area is 117 Å². The van der Waals surface area contributed by atoms with E-state index >= 15 is 0 Å². The van der Waals surface area contributed by atoms with E-state index in [0.717, 1.165) is 6.20 Å². The Morgan fingerprint density at radius 1 is 0.952 bits per heavy atom. The van der Waals surface area contributed by atoms with Gasteiger partial charge in [0.2, 0.25) is 0 Å². The Bertz CT molecular complexity index is 601. The highest BCUT2D eigenvalue weighted by molar-refractivity contribution is 5.33. The van der Waals surface area contributed by atoms with Crippen molar-refractivity contribution in [3.05, 3.63) is 30.0 Å². The first-order valence-corrected chi connectivity index (χ1v) is 5.27. The summed E-state index contributed by atoms with van der Waals surface area (Å²) in [7, 11) is 2.65. The second kappa shape index (κ2) is 7.79. The van der Waals surface area contributed by atoms with Gasteiger partial charge >= 0.3 is 12.0 Å². The van der Waals surface area contributed by atoms with Crippen molar-refractivity contribution in [1.82, 2.24) is 19.9 Å². The number of nitrogens with one attached hydrogen (secondary N) is 1. The standard InChI is InChI=1S/C5H4F2N2O.C5H7FN4O/c1-10-5-8-2-3(6)4(7)9-5;1-11-5-8-2-3(6)4(9-5)10-7/h2H,1H3;2H,7H2,1H3,(H,8,9,10). The molecule has 0 spiro atoms.